The van der Waals surface area contributed by atoms with Gasteiger partial charge in [0.1, 0.15) is 5.84 Å². The third-order valence-electron chi connectivity index (χ3n) is 2.29. The number of aliphatic carboxylic acids is 1. The highest BCUT2D eigenvalue weighted by Gasteiger charge is 2.27. The molecule has 0 saturated carbocycles. The van der Waals surface area contributed by atoms with Crippen molar-refractivity contribution in [3.63, 3.8) is 0 Å². The first-order valence-corrected chi connectivity index (χ1v) is 4.96. The molecule has 1 aliphatic heterocycles. The van der Waals surface area contributed by atoms with Gasteiger partial charge in [-0.05, 0) is 12.8 Å². The van der Waals surface area contributed by atoms with Crippen LogP contribution >= 0.6 is 12.4 Å². The van der Waals surface area contributed by atoms with Crippen LogP contribution in [0.1, 0.15) is 25.7 Å². The maximum Gasteiger partial charge on any atom is 0.303 e. The van der Waals surface area contributed by atoms with Crippen LogP contribution in [0.15, 0.2) is 4.99 Å². The molecule has 8 heteroatoms. The normalized spacial score (nSPS) is 19.1. The van der Waals surface area contributed by atoms with Gasteiger partial charge in [0.25, 0.3) is 0 Å². The number of hydrogen-bond donors (Lipinski definition) is 4. The van der Waals surface area contributed by atoms with E-state index in [1.807, 2.05) is 0 Å². The number of carboxylic acids is 1. The van der Waals surface area contributed by atoms with Crippen LogP contribution in [-0.4, -0.2) is 28.8 Å². The lowest BCUT2D eigenvalue weighted by Crippen LogP contribution is -2.46. The van der Waals surface area contributed by atoms with Gasteiger partial charge in [-0.2, -0.15) is 4.99 Å². The Hall–Kier alpha value is -1.63. The summed E-state index contributed by atoms with van der Waals surface area (Å²) in [5, 5.41) is 17.8. The molecule has 0 aromatic carbocycles. The van der Waals surface area contributed by atoms with Crippen LogP contribution in [-0.2, 0) is 9.59 Å². The molecule has 0 aromatic heterocycles. The van der Waals surface area contributed by atoms with Crippen LogP contribution in [0.5, 0.6) is 0 Å². The fraction of sp³-hybridized carbons (Fsp3) is 0.556. The van der Waals surface area contributed by atoms with Gasteiger partial charge in [0.05, 0.1) is 5.92 Å². The number of amidine groups is 1. The van der Waals surface area contributed by atoms with Gasteiger partial charge in [0.2, 0.25) is 11.9 Å². The number of guanidine groups is 1. The lowest BCUT2D eigenvalue weighted by Gasteiger charge is -2.19. The smallest absolute Gasteiger partial charge is 0.303 e. The lowest BCUT2D eigenvalue weighted by atomic mass is 9.98. The number of aliphatic imine (C=N–C) groups is 1. The van der Waals surface area contributed by atoms with Crippen LogP contribution in [0.2, 0.25) is 0 Å². The molecule has 0 saturated heterocycles. The summed E-state index contributed by atoms with van der Waals surface area (Å²) in [6.45, 7) is 0. The van der Waals surface area contributed by atoms with Crippen LogP contribution < -0.4 is 11.1 Å². The summed E-state index contributed by atoms with van der Waals surface area (Å²) in [6, 6.07) is 0. The molecule has 1 amide bonds. The highest BCUT2D eigenvalue weighted by Crippen LogP contribution is 2.13. The fourth-order valence-electron chi connectivity index (χ4n) is 1.48. The molecule has 96 valence electrons. The average Bonchev–Trinajstić information content (AvgIpc) is 2.14. The van der Waals surface area contributed by atoms with Gasteiger partial charge in [-0.3, -0.25) is 20.3 Å². The molecule has 0 fully saturated rings. The first-order chi connectivity index (χ1) is 7.50. The Balaban J connectivity index is 0.00000256. The number of nitrogens with two attached hydrogens (primary N) is 1. The average molecular weight is 263 g/mol. The number of nitrogens with zero attached hydrogens (tertiary/aromatic N) is 1. The van der Waals surface area contributed by atoms with Gasteiger partial charge in [-0.1, -0.05) is 6.42 Å². The SMILES string of the molecule is Cl.N=C1N=C(N)C(CCCCC(=O)O)C(=O)N1. The van der Waals surface area contributed by atoms with Crippen molar-refractivity contribution in [2.45, 2.75) is 25.7 Å². The van der Waals surface area contributed by atoms with Crippen molar-refractivity contribution in [2.75, 3.05) is 0 Å². The van der Waals surface area contributed by atoms with E-state index < -0.39 is 11.9 Å². The van der Waals surface area contributed by atoms with Crippen LogP contribution in [0.3, 0.4) is 0 Å². The van der Waals surface area contributed by atoms with Crippen LogP contribution in [0, 0.1) is 11.3 Å². The molecule has 0 radical (unpaired) electrons. The number of rotatable bonds is 5. The van der Waals surface area contributed by atoms with Crippen molar-refractivity contribution >= 4 is 36.1 Å². The zero-order chi connectivity index (χ0) is 12.1. The summed E-state index contributed by atoms with van der Waals surface area (Å²) in [5.41, 5.74) is 5.53. The first-order valence-electron chi connectivity index (χ1n) is 4.96. The van der Waals surface area contributed by atoms with Gasteiger partial charge in [0, 0.05) is 6.42 Å². The second kappa shape index (κ2) is 6.85. The minimum atomic E-state index is -0.850. The summed E-state index contributed by atoms with van der Waals surface area (Å²) >= 11 is 0. The van der Waals surface area contributed by atoms with Crippen molar-refractivity contribution in [2.24, 2.45) is 16.6 Å². The molecule has 1 heterocycles. The van der Waals surface area contributed by atoms with Crippen molar-refractivity contribution in [3.8, 4) is 0 Å². The highest BCUT2D eigenvalue weighted by atomic mass is 35.5. The maximum atomic E-state index is 11.4. The van der Waals surface area contributed by atoms with Crippen LogP contribution in [0.4, 0.5) is 0 Å². The van der Waals surface area contributed by atoms with E-state index in [0.717, 1.165) is 0 Å². The van der Waals surface area contributed by atoms with Crippen molar-refractivity contribution in [3.05, 3.63) is 0 Å². The Bertz CT molecular complexity index is 356. The number of hydrogen-bond acceptors (Lipinski definition) is 4. The summed E-state index contributed by atoms with van der Waals surface area (Å²) < 4.78 is 0. The number of carbonyl (C=O) groups is 2. The van der Waals surface area contributed by atoms with Gasteiger partial charge < -0.3 is 10.8 Å². The summed E-state index contributed by atoms with van der Waals surface area (Å²) in [5.74, 6) is -1.85. The number of nitrogens with one attached hydrogen (secondary N) is 2. The van der Waals surface area contributed by atoms with Crippen molar-refractivity contribution < 1.29 is 14.7 Å². The summed E-state index contributed by atoms with van der Waals surface area (Å²) in [4.78, 5) is 25.3. The molecule has 0 aromatic rings. The van der Waals surface area contributed by atoms with Gasteiger partial charge in [0.15, 0.2) is 0 Å². The molecule has 0 bridgehead atoms. The number of carbonyl (C=O) groups excluding carboxylic acids is 1. The Morgan fingerprint density at radius 2 is 2.18 bits per heavy atom. The molecular weight excluding hydrogens is 248 g/mol. The standard InChI is InChI=1S/C9H14N4O3.ClH/c10-7-5(3-1-2-4-6(14)15)8(16)13-9(11)12-7;/h5H,1-4H2,(H,14,15)(H4,10,11,12,13,16);1H. The summed E-state index contributed by atoms with van der Waals surface area (Å²) in [7, 11) is 0. The van der Waals surface area contributed by atoms with E-state index in [-0.39, 0.29) is 36.5 Å². The fourth-order valence-corrected chi connectivity index (χ4v) is 1.48. The number of halogens is 1. The highest BCUT2D eigenvalue weighted by molar-refractivity contribution is 6.15. The largest absolute Gasteiger partial charge is 0.481 e. The lowest BCUT2D eigenvalue weighted by molar-refractivity contribution is -0.137. The molecular formula is C9H15ClN4O3. The topological polar surface area (TPSA) is 129 Å². The minimum Gasteiger partial charge on any atom is -0.481 e. The molecule has 17 heavy (non-hydrogen) atoms. The zero-order valence-electron chi connectivity index (χ0n) is 9.10. The maximum absolute atomic E-state index is 11.4. The first kappa shape index (κ1) is 15.4. The molecule has 1 rings (SSSR count). The van der Waals surface area contributed by atoms with E-state index in [0.29, 0.717) is 19.3 Å². The Labute approximate surface area is 104 Å². The molecule has 7 nitrogen and oxygen atoms in total. The molecule has 1 unspecified atom stereocenters. The second-order valence-electron chi connectivity index (χ2n) is 3.57. The Morgan fingerprint density at radius 1 is 1.53 bits per heavy atom. The molecule has 0 aliphatic carbocycles. The quantitative estimate of drug-likeness (QED) is 0.523. The van der Waals surface area contributed by atoms with E-state index in [2.05, 4.69) is 10.3 Å². The van der Waals surface area contributed by atoms with E-state index in [1.54, 1.807) is 0 Å². The minimum absolute atomic E-state index is 0. The van der Waals surface area contributed by atoms with E-state index in [4.69, 9.17) is 16.2 Å². The third-order valence-corrected chi connectivity index (χ3v) is 2.29. The molecule has 5 N–H and O–H groups in total. The third kappa shape index (κ3) is 4.81. The number of unbranched alkanes of at least 4 members (excludes halogenated alkanes) is 1. The predicted octanol–water partition coefficient (Wildman–Crippen LogP) is 0.0912. The van der Waals surface area contributed by atoms with Gasteiger partial charge in [-0.15, -0.1) is 12.4 Å². The second-order valence-corrected chi connectivity index (χ2v) is 3.57. The van der Waals surface area contributed by atoms with E-state index in [1.165, 1.54) is 0 Å². The van der Waals surface area contributed by atoms with Gasteiger partial charge in [-0.25, -0.2) is 0 Å². The van der Waals surface area contributed by atoms with Crippen LogP contribution in [0.25, 0.3) is 0 Å². The molecule has 1 aliphatic rings. The number of carboxylic acid groups (broad SMARTS) is 1. The van der Waals surface area contributed by atoms with Crippen molar-refractivity contribution in [1.82, 2.24) is 5.32 Å². The number of amides is 1. The Kier molecular flexibility index (Phi) is 6.19. The monoisotopic (exact) mass is 262 g/mol. The molecule has 0 spiro atoms. The molecule has 1 atom stereocenters. The van der Waals surface area contributed by atoms with E-state index in [9.17, 15) is 9.59 Å². The van der Waals surface area contributed by atoms with Gasteiger partial charge >= 0.3 is 5.97 Å². The predicted molar refractivity (Wildman–Crippen MR) is 64.3 cm³/mol. The zero-order valence-corrected chi connectivity index (χ0v) is 9.92. The Morgan fingerprint density at radius 3 is 2.71 bits per heavy atom. The summed E-state index contributed by atoms with van der Waals surface area (Å²) in [6.07, 6.45) is 1.64. The van der Waals surface area contributed by atoms with E-state index >= 15 is 0 Å². The van der Waals surface area contributed by atoms with Crippen molar-refractivity contribution in [1.29, 1.82) is 5.41 Å².